The third-order valence-corrected chi connectivity index (χ3v) is 3.44. The van der Waals surface area contributed by atoms with E-state index in [4.69, 9.17) is 0 Å². The van der Waals surface area contributed by atoms with E-state index in [1.807, 2.05) is 39.0 Å². The standard InChI is InChI=1S/C12H16BrNO/c1-4-10(13)12(15)14-11-8(2)6-5-7-9(11)3/h5-7,10H,4H2,1-3H3,(H,14,15). The van der Waals surface area contributed by atoms with Gasteiger partial charge >= 0.3 is 0 Å². The summed E-state index contributed by atoms with van der Waals surface area (Å²) in [6.45, 7) is 5.97. The van der Waals surface area contributed by atoms with E-state index in [0.717, 1.165) is 23.2 Å². The van der Waals surface area contributed by atoms with Crippen molar-refractivity contribution in [2.75, 3.05) is 5.32 Å². The van der Waals surface area contributed by atoms with Gasteiger partial charge in [-0.05, 0) is 31.4 Å². The lowest BCUT2D eigenvalue weighted by molar-refractivity contribution is -0.115. The number of carbonyl (C=O) groups is 1. The summed E-state index contributed by atoms with van der Waals surface area (Å²) in [5.74, 6) is 0.0231. The molecule has 0 saturated carbocycles. The van der Waals surface area contributed by atoms with Gasteiger partial charge in [-0.1, -0.05) is 41.1 Å². The second-order valence-corrected chi connectivity index (χ2v) is 4.74. The van der Waals surface area contributed by atoms with Gasteiger partial charge in [0.15, 0.2) is 0 Å². The minimum atomic E-state index is -0.114. The van der Waals surface area contributed by atoms with E-state index in [1.165, 1.54) is 0 Å². The molecule has 1 unspecified atom stereocenters. The van der Waals surface area contributed by atoms with Crippen molar-refractivity contribution < 1.29 is 4.79 Å². The lowest BCUT2D eigenvalue weighted by Gasteiger charge is -2.13. The van der Waals surface area contributed by atoms with Gasteiger partial charge in [0.25, 0.3) is 0 Å². The fourth-order valence-corrected chi connectivity index (χ4v) is 1.51. The Bertz CT molecular complexity index is 342. The zero-order valence-electron chi connectivity index (χ0n) is 9.30. The monoisotopic (exact) mass is 269 g/mol. The van der Waals surface area contributed by atoms with E-state index in [-0.39, 0.29) is 10.7 Å². The van der Waals surface area contributed by atoms with E-state index in [0.29, 0.717) is 0 Å². The van der Waals surface area contributed by atoms with Crippen LogP contribution in [0.2, 0.25) is 0 Å². The molecule has 1 N–H and O–H groups in total. The largest absolute Gasteiger partial charge is 0.325 e. The maximum absolute atomic E-state index is 11.7. The number of benzene rings is 1. The first-order valence-corrected chi connectivity index (χ1v) is 5.99. The minimum Gasteiger partial charge on any atom is -0.325 e. The number of anilines is 1. The van der Waals surface area contributed by atoms with Gasteiger partial charge < -0.3 is 5.32 Å². The third kappa shape index (κ3) is 3.06. The van der Waals surface area contributed by atoms with Crippen LogP contribution >= 0.6 is 15.9 Å². The Kier molecular flexibility index (Phi) is 4.33. The van der Waals surface area contributed by atoms with Crippen LogP contribution in [0.3, 0.4) is 0 Å². The molecule has 2 nitrogen and oxygen atoms in total. The molecule has 0 spiro atoms. The molecule has 0 aromatic heterocycles. The second-order valence-electron chi connectivity index (χ2n) is 3.63. The van der Waals surface area contributed by atoms with Crippen LogP contribution in [0.1, 0.15) is 24.5 Å². The fourth-order valence-electron chi connectivity index (χ4n) is 1.40. The molecule has 82 valence electrons. The Morgan fingerprint density at radius 1 is 1.40 bits per heavy atom. The Morgan fingerprint density at radius 3 is 2.40 bits per heavy atom. The predicted octanol–water partition coefficient (Wildman–Crippen LogP) is 3.42. The van der Waals surface area contributed by atoms with Crippen molar-refractivity contribution in [2.45, 2.75) is 32.0 Å². The predicted molar refractivity (Wildman–Crippen MR) is 67.6 cm³/mol. The first-order chi connectivity index (χ1) is 7.06. The third-order valence-electron chi connectivity index (χ3n) is 2.37. The Balaban J connectivity index is 2.85. The molecule has 15 heavy (non-hydrogen) atoms. The summed E-state index contributed by atoms with van der Waals surface area (Å²) in [5.41, 5.74) is 3.12. The van der Waals surface area contributed by atoms with Crippen molar-refractivity contribution in [1.82, 2.24) is 0 Å². The van der Waals surface area contributed by atoms with E-state index < -0.39 is 0 Å². The van der Waals surface area contributed by atoms with Crippen molar-refractivity contribution in [3.63, 3.8) is 0 Å². The van der Waals surface area contributed by atoms with Crippen LogP contribution in [0.25, 0.3) is 0 Å². The summed E-state index contributed by atoms with van der Waals surface area (Å²) in [5, 5.41) is 2.94. The Hall–Kier alpha value is -0.830. The highest BCUT2D eigenvalue weighted by atomic mass is 79.9. The summed E-state index contributed by atoms with van der Waals surface area (Å²) in [6, 6.07) is 5.99. The summed E-state index contributed by atoms with van der Waals surface area (Å²) >= 11 is 3.34. The fraction of sp³-hybridized carbons (Fsp3) is 0.417. The first kappa shape index (κ1) is 12.2. The smallest absolute Gasteiger partial charge is 0.238 e. The molecule has 0 fully saturated rings. The van der Waals surface area contributed by atoms with Crippen LogP contribution in [-0.2, 0) is 4.79 Å². The van der Waals surface area contributed by atoms with Gasteiger partial charge in [-0.15, -0.1) is 0 Å². The average molecular weight is 270 g/mol. The van der Waals surface area contributed by atoms with Gasteiger partial charge in [0.05, 0.1) is 4.83 Å². The number of amides is 1. The van der Waals surface area contributed by atoms with Crippen LogP contribution in [-0.4, -0.2) is 10.7 Å². The molecule has 1 aromatic carbocycles. The van der Waals surface area contributed by atoms with Crippen LogP contribution in [0.15, 0.2) is 18.2 Å². The van der Waals surface area contributed by atoms with Crippen molar-refractivity contribution >= 4 is 27.5 Å². The topological polar surface area (TPSA) is 29.1 Å². The number of hydrogen-bond donors (Lipinski definition) is 1. The number of hydrogen-bond acceptors (Lipinski definition) is 1. The maximum Gasteiger partial charge on any atom is 0.238 e. The van der Waals surface area contributed by atoms with Crippen LogP contribution in [0, 0.1) is 13.8 Å². The second kappa shape index (κ2) is 5.31. The van der Waals surface area contributed by atoms with Crippen molar-refractivity contribution in [3.05, 3.63) is 29.3 Å². The average Bonchev–Trinajstić information content (AvgIpc) is 2.22. The molecule has 0 aliphatic carbocycles. The molecule has 0 bridgehead atoms. The van der Waals surface area contributed by atoms with Crippen LogP contribution in [0.4, 0.5) is 5.69 Å². The minimum absolute atomic E-state index is 0.0231. The number of alkyl halides is 1. The number of rotatable bonds is 3. The molecule has 1 atom stereocenters. The SMILES string of the molecule is CCC(Br)C(=O)Nc1c(C)cccc1C. The summed E-state index contributed by atoms with van der Waals surface area (Å²) < 4.78 is 0. The zero-order valence-corrected chi connectivity index (χ0v) is 10.9. The van der Waals surface area contributed by atoms with E-state index in [2.05, 4.69) is 21.2 Å². The van der Waals surface area contributed by atoms with Crippen LogP contribution in [0.5, 0.6) is 0 Å². The number of nitrogens with one attached hydrogen (secondary N) is 1. The highest BCUT2D eigenvalue weighted by molar-refractivity contribution is 9.10. The number of halogens is 1. The number of carbonyl (C=O) groups excluding carboxylic acids is 1. The molecular weight excluding hydrogens is 254 g/mol. The molecule has 0 aliphatic rings. The first-order valence-electron chi connectivity index (χ1n) is 5.07. The van der Waals surface area contributed by atoms with Gasteiger partial charge in [0, 0.05) is 5.69 Å². The number of aryl methyl sites for hydroxylation is 2. The normalized spacial score (nSPS) is 12.3. The molecule has 1 aromatic rings. The van der Waals surface area contributed by atoms with E-state index >= 15 is 0 Å². The lowest BCUT2D eigenvalue weighted by Crippen LogP contribution is -2.22. The maximum atomic E-state index is 11.7. The van der Waals surface area contributed by atoms with Gasteiger partial charge in [0.1, 0.15) is 0 Å². The molecule has 1 rings (SSSR count). The molecule has 3 heteroatoms. The Labute approximate surface area is 99.2 Å². The number of para-hydroxylation sites is 1. The zero-order chi connectivity index (χ0) is 11.4. The van der Waals surface area contributed by atoms with Crippen LogP contribution < -0.4 is 5.32 Å². The molecule has 1 amide bonds. The van der Waals surface area contributed by atoms with Gasteiger partial charge in [-0.25, -0.2) is 0 Å². The molecule has 0 radical (unpaired) electrons. The molecule has 0 aliphatic heterocycles. The highest BCUT2D eigenvalue weighted by Crippen LogP contribution is 2.20. The lowest BCUT2D eigenvalue weighted by atomic mass is 10.1. The van der Waals surface area contributed by atoms with Crippen molar-refractivity contribution in [2.24, 2.45) is 0 Å². The highest BCUT2D eigenvalue weighted by Gasteiger charge is 2.14. The Morgan fingerprint density at radius 2 is 1.93 bits per heavy atom. The van der Waals surface area contributed by atoms with Crippen molar-refractivity contribution in [1.29, 1.82) is 0 Å². The molecular formula is C12H16BrNO. The summed E-state index contributed by atoms with van der Waals surface area (Å²) in [6.07, 6.45) is 0.788. The van der Waals surface area contributed by atoms with E-state index in [9.17, 15) is 4.79 Å². The molecule has 0 heterocycles. The van der Waals surface area contributed by atoms with Gasteiger partial charge in [0.2, 0.25) is 5.91 Å². The summed E-state index contributed by atoms with van der Waals surface area (Å²) in [4.78, 5) is 11.6. The molecule has 0 saturated heterocycles. The summed E-state index contributed by atoms with van der Waals surface area (Å²) in [7, 11) is 0. The quantitative estimate of drug-likeness (QED) is 0.838. The van der Waals surface area contributed by atoms with Crippen molar-refractivity contribution in [3.8, 4) is 0 Å². The van der Waals surface area contributed by atoms with Gasteiger partial charge in [-0.3, -0.25) is 4.79 Å². The van der Waals surface area contributed by atoms with Gasteiger partial charge in [-0.2, -0.15) is 0 Å². The van der Waals surface area contributed by atoms with E-state index in [1.54, 1.807) is 0 Å².